The number of hydrogen-bond acceptors (Lipinski definition) is 5. The number of nitrogens with zero attached hydrogens (tertiary/aromatic N) is 1. The Bertz CT molecular complexity index is 938. The summed E-state index contributed by atoms with van der Waals surface area (Å²) in [4.78, 5) is 27.8. The number of benzene rings is 2. The third-order valence-electron chi connectivity index (χ3n) is 5.00. The standard InChI is InChI=1S/C23H27Cl2N3O3S/c1-16(32-21-14-18(24)5-6-20(21)25)23(30)26-15-17-3-2-4-19(13-17)27-22(29)7-8-28-9-11-31-12-10-28/h2-6,13-14,16H,7-12,15H2,1H3,(H,26,30)(H,27,29). The van der Waals surface area contributed by atoms with Crippen LogP contribution in [0.4, 0.5) is 5.69 Å². The normalized spacial score (nSPS) is 15.2. The molecule has 0 aromatic heterocycles. The molecule has 1 aliphatic rings. The molecular weight excluding hydrogens is 469 g/mol. The molecule has 1 heterocycles. The van der Waals surface area contributed by atoms with Gasteiger partial charge >= 0.3 is 0 Å². The number of morpholine rings is 1. The molecular formula is C23H27Cl2N3O3S. The number of nitrogens with one attached hydrogen (secondary N) is 2. The van der Waals surface area contributed by atoms with Crippen molar-refractivity contribution in [1.29, 1.82) is 0 Å². The van der Waals surface area contributed by atoms with Gasteiger partial charge < -0.3 is 15.4 Å². The van der Waals surface area contributed by atoms with Crippen LogP contribution in [0.15, 0.2) is 47.4 Å². The molecule has 1 unspecified atom stereocenters. The summed E-state index contributed by atoms with van der Waals surface area (Å²) in [6.45, 7) is 6.08. The molecule has 2 aromatic rings. The molecule has 32 heavy (non-hydrogen) atoms. The third kappa shape index (κ3) is 7.98. The summed E-state index contributed by atoms with van der Waals surface area (Å²) in [5, 5.41) is 6.67. The van der Waals surface area contributed by atoms with E-state index in [9.17, 15) is 9.59 Å². The van der Waals surface area contributed by atoms with Crippen molar-refractivity contribution >= 4 is 52.5 Å². The Hall–Kier alpha value is -1.77. The molecule has 0 bridgehead atoms. The van der Waals surface area contributed by atoms with Crippen molar-refractivity contribution in [2.75, 3.05) is 38.2 Å². The number of hydrogen-bond donors (Lipinski definition) is 2. The quantitative estimate of drug-likeness (QED) is 0.502. The van der Waals surface area contributed by atoms with Crippen LogP contribution in [0.25, 0.3) is 0 Å². The summed E-state index contributed by atoms with van der Waals surface area (Å²) in [6.07, 6.45) is 0.432. The van der Waals surface area contributed by atoms with Gasteiger partial charge in [-0.15, -0.1) is 11.8 Å². The van der Waals surface area contributed by atoms with E-state index in [4.69, 9.17) is 27.9 Å². The fraction of sp³-hybridized carbons (Fsp3) is 0.391. The summed E-state index contributed by atoms with van der Waals surface area (Å²) in [5.41, 5.74) is 1.62. The van der Waals surface area contributed by atoms with E-state index in [2.05, 4.69) is 15.5 Å². The van der Waals surface area contributed by atoms with E-state index in [1.54, 1.807) is 18.2 Å². The van der Waals surface area contributed by atoms with Gasteiger partial charge in [0.05, 0.1) is 23.5 Å². The predicted octanol–water partition coefficient (Wildman–Crippen LogP) is 4.45. The Balaban J connectivity index is 1.45. The number of ether oxygens (including phenoxy) is 1. The molecule has 0 spiro atoms. The maximum absolute atomic E-state index is 12.5. The number of rotatable bonds is 9. The van der Waals surface area contributed by atoms with Crippen LogP contribution in [-0.2, 0) is 20.9 Å². The second kappa shape index (κ2) is 12.5. The average molecular weight is 496 g/mol. The maximum atomic E-state index is 12.5. The largest absolute Gasteiger partial charge is 0.379 e. The molecule has 1 saturated heterocycles. The van der Waals surface area contributed by atoms with Crippen LogP contribution in [-0.4, -0.2) is 54.8 Å². The van der Waals surface area contributed by atoms with Crippen molar-refractivity contribution in [2.24, 2.45) is 0 Å². The van der Waals surface area contributed by atoms with Crippen LogP contribution in [0.5, 0.6) is 0 Å². The minimum absolute atomic E-state index is 0.0268. The fourth-order valence-corrected chi connectivity index (χ4v) is 4.65. The van der Waals surface area contributed by atoms with Crippen LogP contribution in [0.1, 0.15) is 18.9 Å². The van der Waals surface area contributed by atoms with E-state index >= 15 is 0 Å². The number of halogens is 2. The molecule has 3 rings (SSSR count). The highest BCUT2D eigenvalue weighted by Gasteiger charge is 2.16. The topological polar surface area (TPSA) is 70.7 Å². The molecule has 1 atom stereocenters. The number of thioether (sulfide) groups is 1. The number of carbonyl (C=O) groups is 2. The summed E-state index contributed by atoms with van der Waals surface area (Å²) in [7, 11) is 0. The van der Waals surface area contributed by atoms with Gasteiger partial charge in [0.15, 0.2) is 0 Å². The van der Waals surface area contributed by atoms with Gasteiger partial charge in [-0.1, -0.05) is 35.3 Å². The Morgan fingerprint density at radius 3 is 2.72 bits per heavy atom. The second-order valence-corrected chi connectivity index (χ2v) is 9.73. The van der Waals surface area contributed by atoms with Gasteiger partial charge in [0.1, 0.15) is 0 Å². The van der Waals surface area contributed by atoms with E-state index in [1.165, 1.54) is 11.8 Å². The van der Waals surface area contributed by atoms with E-state index < -0.39 is 0 Å². The minimum atomic E-state index is -0.339. The molecule has 6 nitrogen and oxygen atoms in total. The zero-order valence-corrected chi connectivity index (χ0v) is 20.2. The first-order valence-corrected chi connectivity index (χ1v) is 12.1. The fourth-order valence-electron chi connectivity index (χ4n) is 3.21. The lowest BCUT2D eigenvalue weighted by Gasteiger charge is -2.26. The highest BCUT2D eigenvalue weighted by atomic mass is 35.5. The van der Waals surface area contributed by atoms with Crippen molar-refractivity contribution in [3.63, 3.8) is 0 Å². The zero-order chi connectivity index (χ0) is 22.9. The smallest absolute Gasteiger partial charge is 0.233 e. The lowest BCUT2D eigenvalue weighted by molar-refractivity contribution is -0.120. The van der Waals surface area contributed by atoms with Gasteiger partial charge in [-0.05, 0) is 42.8 Å². The molecule has 2 N–H and O–H groups in total. The van der Waals surface area contributed by atoms with Crippen LogP contribution in [0.3, 0.4) is 0 Å². The van der Waals surface area contributed by atoms with Gasteiger partial charge in [0.25, 0.3) is 0 Å². The first kappa shape index (κ1) is 24.9. The van der Waals surface area contributed by atoms with Crippen LogP contribution in [0, 0.1) is 0 Å². The van der Waals surface area contributed by atoms with E-state index in [0.717, 1.165) is 49.0 Å². The summed E-state index contributed by atoms with van der Waals surface area (Å²) in [5.74, 6) is -0.132. The van der Waals surface area contributed by atoms with Crippen molar-refractivity contribution in [2.45, 2.75) is 30.0 Å². The monoisotopic (exact) mass is 495 g/mol. The molecule has 1 fully saturated rings. The molecule has 172 valence electrons. The Morgan fingerprint density at radius 2 is 1.94 bits per heavy atom. The van der Waals surface area contributed by atoms with Crippen molar-refractivity contribution < 1.29 is 14.3 Å². The minimum Gasteiger partial charge on any atom is -0.379 e. The Kier molecular flexibility index (Phi) is 9.69. The summed E-state index contributed by atoms with van der Waals surface area (Å²) in [6, 6.07) is 12.7. The number of anilines is 1. The van der Waals surface area contributed by atoms with Crippen LogP contribution in [0.2, 0.25) is 10.0 Å². The number of carbonyl (C=O) groups excluding carboxylic acids is 2. The number of amides is 2. The molecule has 0 saturated carbocycles. The Labute approximate surface area is 203 Å². The van der Waals surface area contributed by atoms with E-state index in [1.807, 2.05) is 31.2 Å². The first-order chi connectivity index (χ1) is 15.4. The summed E-state index contributed by atoms with van der Waals surface area (Å²) < 4.78 is 5.32. The van der Waals surface area contributed by atoms with Crippen LogP contribution < -0.4 is 10.6 Å². The molecule has 2 aromatic carbocycles. The first-order valence-electron chi connectivity index (χ1n) is 10.5. The highest BCUT2D eigenvalue weighted by molar-refractivity contribution is 8.00. The third-order valence-corrected chi connectivity index (χ3v) is 6.84. The van der Waals surface area contributed by atoms with Crippen molar-refractivity contribution in [3.05, 3.63) is 58.1 Å². The van der Waals surface area contributed by atoms with Gasteiger partial charge in [0, 0.05) is 48.2 Å². The molecule has 0 aliphatic carbocycles. The Morgan fingerprint density at radius 1 is 1.16 bits per heavy atom. The molecule has 1 aliphatic heterocycles. The van der Waals surface area contributed by atoms with E-state index in [-0.39, 0.29) is 17.1 Å². The van der Waals surface area contributed by atoms with Crippen molar-refractivity contribution in [3.8, 4) is 0 Å². The highest BCUT2D eigenvalue weighted by Crippen LogP contribution is 2.32. The molecule has 0 radical (unpaired) electrons. The predicted molar refractivity (Wildman–Crippen MR) is 131 cm³/mol. The summed E-state index contributed by atoms with van der Waals surface area (Å²) >= 11 is 13.6. The lowest BCUT2D eigenvalue weighted by atomic mass is 10.2. The van der Waals surface area contributed by atoms with Crippen molar-refractivity contribution in [1.82, 2.24) is 10.2 Å². The van der Waals surface area contributed by atoms with Gasteiger partial charge in [-0.2, -0.15) is 0 Å². The molecule has 2 amide bonds. The van der Waals surface area contributed by atoms with Crippen LogP contribution >= 0.6 is 35.0 Å². The lowest BCUT2D eigenvalue weighted by Crippen LogP contribution is -2.38. The van der Waals surface area contributed by atoms with Gasteiger partial charge in [-0.3, -0.25) is 14.5 Å². The maximum Gasteiger partial charge on any atom is 0.233 e. The average Bonchev–Trinajstić information content (AvgIpc) is 2.79. The van der Waals surface area contributed by atoms with E-state index in [0.29, 0.717) is 23.0 Å². The molecule has 9 heteroatoms. The van der Waals surface area contributed by atoms with Gasteiger partial charge in [-0.25, -0.2) is 0 Å². The van der Waals surface area contributed by atoms with Gasteiger partial charge in [0.2, 0.25) is 11.8 Å². The zero-order valence-electron chi connectivity index (χ0n) is 17.9. The second-order valence-electron chi connectivity index (χ2n) is 7.51. The SMILES string of the molecule is CC(Sc1cc(Cl)ccc1Cl)C(=O)NCc1cccc(NC(=O)CCN2CCOCC2)c1.